The molecule has 0 aromatic heterocycles. The van der Waals surface area contributed by atoms with Gasteiger partial charge in [-0.15, -0.1) is 0 Å². The van der Waals surface area contributed by atoms with Gasteiger partial charge in [0.25, 0.3) is 0 Å². The van der Waals surface area contributed by atoms with Crippen molar-refractivity contribution in [1.29, 1.82) is 0 Å². The third kappa shape index (κ3) is 3.56. The van der Waals surface area contributed by atoms with Crippen molar-refractivity contribution < 1.29 is 19.1 Å². The van der Waals surface area contributed by atoms with Crippen LogP contribution in [-0.4, -0.2) is 42.8 Å². The topological polar surface area (TPSA) is 80.2 Å². The Morgan fingerprint density at radius 3 is 2.59 bits per heavy atom. The number of nitrogens with one attached hydrogen (secondary N) is 1. The quantitative estimate of drug-likeness (QED) is 0.495. The van der Waals surface area contributed by atoms with Crippen molar-refractivity contribution in [1.82, 2.24) is 10.3 Å². The van der Waals surface area contributed by atoms with Gasteiger partial charge in [-0.05, 0) is 41.9 Å². The van der Waals surface area contributed by atoms with Crippen LogP contribution in [0.25, 0.3) is 0 Å². The Labute approximate surface area is 136 Å². The number of halogens is 1. The smallest absolute Gasteiger partial charge is 0.329 e. The summed E-state index contributed by atoms with van der Waals surface area (Å²) < 4.78 is 11.3. The molecular formula is C14H16BrN3O4. The van der Waals surface area contributed by atoms with Crippen LogP contribution in [0, 0.1) is 0 Å². The number of rotatable bonds is 4. The fraction of sp³-hybridized carbons (Fsp3) is 0.357. The molecule has 1 aliphatic rings. The predicted octanol–water partition coefficient (Wildman–Crippen LogP) is 1.50. The number of benzene rings is 1. The highest BCUT2D eigenvalue weighted by Crippen LogP contribution is 2.36. The molecule has 1 aliphatic heterocycles. The Balaban J connectivity index is 2.01. The van der Waals surface area contributed by atoms with E-state index in [4.69, 9.17) is 9.47 Å². The van der Waals surface area contributed by atoms with Crippen LogP contribution >= 0.6 is 15.9 Å². The highest BCUT2D eigenvalue weighted by molar-refractivity contribution is 9.10. The summed E-state index contributed by atoms with van der Waals surface area (Å²) in [5, 5.41) is 3.80. The molecule has 0 aliphatic carbocycles. The van der Waals surface area contributed by atoms with Crippen LogP contribution in [0.1, 0.15) is 19.4 Å². The first-order valence-electron chi connectivity index (χ1n) is 6.78. The molecule has 118 valence electrons. The summed E-state index contributed by atoms with van der Waals surface area (Å²) in [6.45, 7) is 4.74. The zero-order valence-corrected chi connectivity index (χ0v) is 13.8. The van der Waals surface area contributed by atoms with E-state index in [0.717, 1.165) is 4.47 Å². The number of carbonyl (C=O) groups is 2. The molecule has 0 radical (unpaired) electrons. The summed E-state index contributed by atoms with van der Waals surface area (Å²) in [6.07, 6.45) is 1.43. The van der Waals surface area contributed by atoms with Gasteiger partial charge < -0.3 is 14.4 Å². The summed E-state index contributed by atoms with van der Waals surface area (Å²) in [5.41, 5.74) is 2.92. The number of ether oxygens (including phenoxy) is 2. The molecule has 0 bridgehead atoms. The van der Waals surface area contributed by atoms with Crippen LogP contribution in [-0.2, 0) is 9.59 Å². The Hall–Kier alpha value is -2.09. The van der Waals surface area contributed by atoms with E-state index in [-0.39, 0.29) is 6.79 Å². The molecule has 1 heterocycles. The van der Waals surface area contributed by atoms with E-state index in [1.54, 1.807) is 12.1 Å². The van der Waals surface area contributed by atoms with Crippen LogP contribution in [0.15, 0.2) is 21.7 Å². The maximum Gasteiger partial charge on any atom is 0.329 e. The Morgan fingerprint density at radius 1 is 1.32 bits per heavy atom. The number of hydrogen-bond donors (Lipinski definition) is 1. The third-order valence-electron chi connectivity index (χ3n) is 3.11. The molecule has 0 unspecified atom stereocenters. The summed E-state index contributed by atoms with van der Waals surface area (Å²) in [7, 11) is 0. The van der Waals surface area contributed by atoms with Crippen molar-refractivity contribution in [3.05, 3.63) is 22.2 Å². The molecule has 2 amide bonds. The van der Waals surface area contributed by atoms with E-state index >= 15 is 0 Å². The summed E-state index contributed by atoms with van der Waals surface area (Å²) in [4.78, 5) is 24.9. The van der Waals surface area contributed by atoms with E-state index in [1.807, 2.05) is 13.8 Å². The van der Waals surface area contributed by atoms with Crippen LogP contribution in [0.5, 0.6) is 11.5 Å². The van der Waals surface area contributed by atoms with Gasteiger partial charge in [-0.1, -0.05) is 0 Å². The molecular weight excluding hydrogens is 354 g/mol. The molecule has 0 saturated heterocycles. The lowest BCUT2D eigenvalue weighted by Crippen LogP contribution is -2.41. The second-order valence-corrected chi connectivity index (χ2v) is 5.26. The van der Waals surface area contributed by atoms with E-state index in [0.29, 0.717) is 30.2 Å². The molecule has 1 aromatic rings. The Kier molecular flexibility index (Phi) is 5.37. The van der Waals surface area contributed by atoms with Gasteiger partial charge in [-0.3, -0.25) is 9.59 Å². The van der Waals surface area contributed by atoms with E-state index in [1.165, 1.54) is 11.1 Å². The predicted molar refractivity (Wildman–Crippen MR) is 83.9 cm³/mol. The minimum absolute atomic E-state index is 0.178. The Bertz CT molecular complexity index is 614. The SMILES string of the molecule is CCN(CC)C(=O)C(=O)NN=Cc1cc2c(cc1Br)OCO2. The molecule has 8 heteroatoms. The van der Waals surface area contributed by atoms with Gasteiger partial charge in [0, 0.05) is 23.1 Å². The molecule has 2 rings (SSSR count). The van der Waals surface area contributed by atoms with Gasteiger partial charge >= 0.3 is 11.8 Å². The Morgan fingerprint density at radius 2 is 1.95 bits per heavy atom. The monoisotopic (exact) mass is 369 g/mol. The van der Waals surface area contributed by atoms with Gasteiger partial charge in [0.15, 0.2) is 11.5 Å². The molecule has 22 heavy (non-hydrogen) atoms. The number of fused-ring (bicyclic) bond motifs is 1. The number of carbonyl (C=O) groups excluding carboxylic acids is 2. The maximum absolute atomic E-state index is 11.8. The van der Waals surface area contributed by atoms with Gasteiger partial charge in [0.2, 0.25) is 6.79 Å². The normalized spacial score (nSPS) is 12.5. The van der Waals surface area contributed by atoms with E-state index < -0.39 is 11.8 Å². The van der Waals surface area contributed by atoms with Gasteiger partial charge in [0.05, 0.1) is 6.21 Å². The van der Waals surface area contributed by atoms with Crippen LogP contribution in [0.2, 0.25) is 0 Å². The van der Waals surface area contributed by atoms with E-state index in [9.17, 15) is 9.59 Å². The van der Waals surface area contributed by atoms with Crippen molar-refractivity contribution in [2.24, 2.45) is 5.10 Å². The molecule has 0 spiro atoms. The number of amides is 2. The average Bonchev–Trinajstić information content (AvgIpc) is 2.95. The highest BCUT2D eigenvalue weighted by Gasteiger charge is 2.19. The van der Waals surface area contributed by atoms with Crippen molar-refractivity contribution in [2.75, 3.05) is 19.9 Å². The van der Waals surface area contributed by atoms with Crippen LogP contribution in [0.3, 0.4) is 0 Å². The van der Waals surface area contributed by atoms with Crippen molar-refractivity contribution in [2.45, 2.75) is 13.8 Å². The lowest BCUT2D eigenvalue weighted by atomic mass is 10.2. The largest absolute Gasteiger partial charge is 0.454 e. The number of hydrogen-bond acceptors (Lipinski definition) is 5. The first-order valence-corrected chi connectivity index (χ1v) is 7.57. The lowest BCUT2D eigenvalue weighted by Gasteiger charge is -2.16. The zero-order valence-electron chi connectivity index (χ0n) is 12.3. The second-order valence-electron chi connectivity index (χ2n) is 4.40. The van der Waals surface area contributed by atoms with Gasteiger partial charge in [0.1, 0.15) is 0 Å². The number of likely N-dealkylation sites (N-methyl/N-ethyl adjacent to an activating group) is 1. The minimum Gasteiger partial charge on any atom is -0.454 e. The first-order chi connectivity index (χ1) is 10.6. The fourth-order valence-corrected chi connectivity index (χ4v) is 2.32. The highest BCUT2D eigenvalue weighted by atomic mass is 79.9. The summed E-state index contributed by atoms with van der Waals surface area (Å²) >= 11 is 3.38. The fourth-order valence-electron chi connectivity index (χ4n) is 1.89. The molecule has 0 saturated carbocycles. The molecule has 1 N–H and O–H groups in total. The number of hydrazone groups is 1. The zero-order chi connectivity index (χ0) is 16.1. The van der Waals surface area contributed by atoms with Crippen molar-refractivity contribution in [3.63, 3.8) is 0 Å². The lowest BCUT2D eigenvalue weighted by molar-refractivity contribution is -0.145. The molecule has 1 aromatic carbocycles. The third-order valence-corrected chi connectivity index (χ3v) is 3.79. The standard InChI is InChI=1S/C14H16BrN3O4/c1-3-18(4-2)14(20)13(19)17-16-7-9-5-11-12(6-10(9)15)22-8-21-11/h5-7H,3-4,8H2,1-2H3,(H,17,19). The molecule has 0 atom stereocenters. The van der Waals surface area contributed by atoms with Crippen molar-refractivity contribution in [3.8, 4) is 11.5 Å². The molecule has 7 nitrogen and oxygen atoms in total. The summed E-state index contributed by atoms with van der Waals surface area (Å²) in [5.74, 6) is -0.122. The van der Waals surface area contributed by atoms with Gasteiger partial charge in [-0.25, -0.2) is 5.43 Å². The second kappa shape index (κ2) is 7.26. The van der Waals surface area contributed by atoms with Crippen LogP contribution in [0.4, 0.5) is 0 Å². The number of nitrogens with zero attached hydrogens (tertiary/aromatic N) is 2. The summed E-state index contributed by atoms with van der Waals surface area (Å²) in [6, 6.07) is 3.49. The first kappa shape index (κ1) is 16.3. The van der Waals surface area contributed by atoms with Crippen molar-refractivity contribution >= 4 is 34.0 Å². The minimum atomic E-state index is -0.767. The van der Waals surface area contributed by atoms with Crippen LogP contribution < -0.4 is 14.9 Å². The maximum atomic E-state index is 11.8. The average molecular weight is 370 g/mol. The van der Waals surface area contributed by atoms with Gasteiger partial charge in [-0.2, -0.15) is 5.10 Å². The molecule has 0 fully saturated rings. The van der Waals surface area contributed by atoms with E-state index in [2.05, 4.69) is 26.5 Å².